The van der Waals surface area contributed by atoms with Gasteiger partial charge in [0.15, 0.2) is 5.78 Å². The molecule has 1 aromatic rings. The number of nitrogens with one attached hydrogen (secondary N) is 1. The van der Waals surface area contributed by atoms with Crippen LogP contribution >= 0.6 is 0 Å². The van der Waals surface area contributed by atoms with Gasteiger partial charge in [0, 0.05) is 0 Å². The number of ketones is 1. The first-order chi connectivity index (χ1) is 7.69. The Hall–Kier alpha value is -2.42. The molecule has 2 heterocycles. The predicted octanol–water partition coefficient (Wildman–Crippen LogP) is -0.236. The zero-order valence-electron chi connectivity index (χ0n) is 8.30. The standard InChI is InChI=1S/C10H8N4O2/c11-4-7-1-2-8(5-12-7)14-6-9(15)3-10(16)13-14/h1-2,5H,3,6H2,(H,13,16). The lowest BCUT2D eigenvalue weighted by atomic mass is 10.2. The fourth-order valence-corrected chi connectivity index (χ4v) is 1.41. The highest BCUT2D eigenvalue weighted by molar-refractivity contribution is 6.03. The Bertz CT molecular complexity index is 459. The number of aromatic nitrogens is 1. The number of Topliss-reactive ketones (excluding diaryl/α,β-unsaturated/α-hetero) is 1. The average molecular weight is 216 g/mol. The molecule has 1 fully saturated rings. The fourth-order valence-electron chi connectivity index (χ4n) is 1.41. The zero-order valence-corrected chi connectivity index (χ0v) is 8.30. The minimum atomic E-state index is -0.333. The number of pyridine rings is 1. The quantitative estimate of drug-likeness (QED) is 0.655. The maximum atomic E-state index is 11.2. The van der Waals surface area contributed by atoms with Crippen LogP contribution in [0.4, 0.5) is 5.69 Å². The summed E-state index contributed by atoms with van der Waals surface area (Å²) in [5.74, 6) is -0.478. The molecule has 6 heteroatoms. The Kier molecular flexibility index (Phi) is 2.52. The lowest BCUT2D eigenvalue weighted by molar-refractivity contribution is -0.130. The summed E-state index contributed by atoms with van der Waals surface area (Å²) in [6.07, 6.45) is 1.36. The van der Waals surface area contributed by atoms with E-state index in [2.05, 4.69) is 10.4 Å². The van der Waals surface area contributed by atoms with E-state index in [1.807, 2.05) is 6.07 Å². The molecule has 0 aromatic carbocycles. The van der Waals surface area contributed by atoms with Crippen LogP contribution in [-0.4, -0.2) is 23.2 Å². The van der Waals surface area contributed by atoms with Crippen LogP contribution in [0.3, 0.4) is 0 Å². The molecule has 0 saturated carbocycles. The summed E-state index contributed by atoms with van der Waals surface area (Å²) >= 11 is 0. The third kappa shape index (κ3) is 1.98. The maximum absolute atomic E-state index is 11.2. The van der Waals surface area contributed by atoms with Gasteiger partial charge in [0.25, 0.3) is 0 Å². The Morgan fingerprint density at radius 3 is 2.81 bits per heavy atom. The van der Waals surface area contributed by atoms with Crippen molar-refractivity contribution in [1.82, 2.24) is 10.4 Å². The highest BCUT2D eigenvalue weighted by Gasteiger charge is 2.22. The van der Waals surface area contributed by atoms with Crippen LogP contribution in [0.5, 0.6) is 0 Å². The van der Waals surface area contributed by atoms with Gasteiger partial charge in [-0.2, -0.15) is 5.26 Å². The second kappa shape index (κ2) is 3.98. The number of hydrogen-bond donors (Lipinski definition) is 1. The topological polar surface area (TPSA) is 86.1 Å². The second-order valence-electron chi connectivity index (χ2n) is 3.35. The first-order valence-corrected chi connectivity index (χ1v) is 4.64. The number of rotatable bonds is 1. The van der Waals surface area contributed by atoms with E-state index in [0.717, 1.165) is 0 Å². The Balaban J connectivity index is 2.20. The average Bonchev–Trinajstić information content (AvgIpc) is 2.28. The molecule has 2 rings (SSSR count). The van der Waals surface area contributed by atoms with Gasteiger partial charge in [-0.1, -0.05) is 0 Å². The molecule has 1 amide bonds. The minimum Gasteiger partial charge on any atom is -0.297 e. The summed E-state index contributed by atoms with van der Waals surface area (Å²) in [4.78, 5) is 26.2. The van der Waals surface area contributed by atoms with E-state index < -0.39 is 0 Å². The summed E-state index contributed by atoms with van der Waals surface area (Å²) in [6.45, 7) is 0.124. The molecule has 1 saturated heterocycles. The van der Waals surface area contributed by atoms with Crippen molar-refractivity contribution in [2.24, 2.45) is 0 Å². The van der Waals surface area contributed by atoms with Crippen molar-refractivity contribution in [3.8, 4) is 6.07 Å². The molecule has 0 aliphatic carbocycles. The van der Waals surface area contributed by atoms with Gasteiger partial charge in [-0.25, -0.2) is 4.98 Å². The van der Waals surface area contributed by atoms with Crippen molar-refractivity contribution in [2.45, 2.75) is 6.42 Å². The Morgan fingerprint density at radius 2 is 2.25 bits per heavy atom. The van der Waals surface area contributed by atoms with Gasteiger partial charge >= 0.3 is 0 Å². The highest BCUT2D eigenvalue weighted by atomic mass is 16.2. The predicted molar refractivity (Wildman–Crippen MR) is 54.1 cm³/mol. The van der Waals surface area contributed by atoms with Crippen molar-refractivity contribution in [3.63, 3.8) is 0 Å². The first kappa shape index (κ1) is 10.1. The fraction of sp³-hybridized carbons (Fsp3) is 0.200. The number of amides is 1. The molecule has 0 bridgehead atoms. The van der Waals surface area contributed by atoms with E-state index in [1.165, 1.54) is 17.3 Å². The molecule has 6 nitrogen and oxygen atoms in total. The van der Waals surface area contributed by atoms with Gasteiger partial charge in [0.05, 0.1) is 24.8 Å². The van der Waals surface area contributed by atoms with E-state index in [9.17, 15) is 9.59 Å². The molecule has 1 aliphatic heterocycles. The molecule has 0 atom stereocenters. The van der Waals surface area contributed by atoms with E-state index in [-0.39, 0.29) is 24.7 Å². The number of carbonyl (C=O) groups is 2. The molecular formula is C10H8N4O2. The number of anilines is 1. The number of nitriles is 1. The van der Waals surface area contributed by atoms with E-state index in [4.69, 9.17) is 5.26 Å². The number of hydrazine groups is 1. The Morgan fingerprint density at radius 1 is 1.44 bits per heavy atom. The van der Waals surface area contributed by atoms with Crippen molar-refractivity contribution < 1.29 is 9.59 Å². The summed E-state index contributed by atoms with van der Waals surface area (Å²) in [5, 5.41) is 9.99. The molecule has 16 heavy (non-hydrogen) atoms. The molecule has 0 unspecified atom stereocenters. The third-order valence-corrected chi connectivity index (χ3v) is 2.13. The number of nitrogens with zero attached hydrogens (tertiary/aromatic N) is 3. The molecular weight excluding hydrogens is 208 g/mol. The molecule has 1 aromatic heterocycles. The largest absolute Gasteiger partial charge is 0.297 e. The van der Waals surface area contributed by atoms with Gasteiger partial charge in [-0.15, -0.1) is 0 Å². The summed E-state index contributed by atoms with van der Waals surface area (Å²) < 4.78 is 0. The van der Waals surface area contributed by atoms with E-state index >= 15 is 0 Å². The monoisotopic (exact) mass is 216 g/mol. The first-order valence-electron chi connectivity index (χ1n) is 4.64. The van der Waals surface area contributed by atoms with Crippen LogP contribution in [0.15, 0.2) is 18.3 Å². The molecule has 1 aliphatic rings. The smallest absolute Gasteiger partial charge is 0.246 e. The van der Waals surface area contributed by atoms with Gasteiger partial charge in [-0.05, 0) is 12.1 Å². The van der Waals surface area contributed by atoms with Crippen molar-refractivity contribution >= 4 is 17.4 Å². The zero-order chi connectivity index (χ0) is 11.5. The van der Waals surface area contributed by atoms with Gasteiger partial charge < -0.3 is 0 Å². The second-order valence-corrected chi connectivity index (χ2v) is 3.35. The molecule has 1 N–H and O–H groups in total. The normalized spacial score (nSPS) is 15.6. The van der Waals surface area contributed by atoms with Crippen LogP contribution < -0.4 is 10.4 Å². The number of hydrogen-bond acceptors (Lipinski definition) is 5. The lowest BCUT2D eigenvalue weighted by Gasteiger charge is -2.27. The number of carbonyl (C=O) groups excluding carboxylic acids is 2. The summed E-state index contributed by atoms with van der Waals surface area (Å²) in [5.41, 5.74) is 3.43. The van der Waals surface area contributed by atoms with Crippen molar-refractivity contribution in [2.75, 3.05) is 11.6 Å². The SMILES string of the molecule is N#Cc1ccc(N2CC(=O)CC(=O)N2)cn1. The summed E-state index contributed by atoms with van der Waals surface area (Å²) in [6, 6.07) is 5.05. The Labute approximate surface area is 91.5 Å². The van der Waals surface area contributed by atoms with Crippen LogP contribution in [0.2, 0.25) is 0 Å². The summed E-state index contributed by atoms with van der Waals surface area (Å²) in [7, 11) is 0. The van der Waals surface area contributed by atoms with Crippen LogP contribution in [0.1, 0.15) is 12.1 Å². The van der Waals surface area contributed by atoms with Gasteiger partial charge in [0.1, 0.15) is 11.8 Å². The maximum Gasteiger partial charge on any atom is 0.246 e. The molecule has 0 spiro atoms. The van der Waals surface area contributed by atoms with Gasteiger partial charge in [-0.3, -0.25) is 20.0 Å². The third-order valence-electron chi connectivity index (χ3n) is 2.13. The van der Waals surface area contributed by atoms with Crippen LogP contribution in [0.25, 0.3) is 0 Å². The highest BCUT2D eigenvalue weighted by Crippen LogP contribution is 2.13. The van der Waals surface area contributed by atoms with Crippen molar-refractivity contribution in [1.29, 1.82) is 5.26 Å². The van der Waals surface area contributed by atoms with Gasteiger partial charge in [0.2, 0.25) is 5.91 Å². The lowest BCUT2D eigenvalue weighted by Crippen LogP contribution is -2.51. The molecule has 80 valence electrons. The van der Waals surface area contributed by atoms with E-state index in [1.54, 1.807) is 6.07 Å². The van der Waals surface area contributed by atoms with Crippen molar-refractivity contribution in [3.05, 3.63) is 24.0 Å². The van der Waals surface area contributed by atoms with Crippen LogP contribution in [0, 0.1) is 11.3 Å². The molecule has 0 radical (unpaired) electrons. The van der Waals surface area contributed by atoms with Crippen LogP contribution in [-0.2, 0) is 9.59 Å². The van der Waals surface area contributed by atoms with E-state index in [0.29, 0.717) is 11.4 Å². The minimum absolute atomic E-state index is 0.0831.